The molecule has 0 aliphatic carbocycles. The fraction of sp³-hybridized carbons (Fsp3) is 0.391. The summed E-state index contributed by atoms with van der Waals surface area (Å²) in [4.78, 5) is 14.9. The standard InChI is InChI=1S/C23H27N3O3S/c1-15-23(16(2)29-25-15)18-5-6-21(24-22(28)10-17-7-9-30-14-17)19(11-18)12-26-8-3-4-20(27)13-26/h5-7,9,11,14,20,27H,3-4,8,10,12-13H2,1-2H3,(H,24,28). The highest BCUT2D eigenvalue weighted by molar-refractivity contribution is 7.08. The van der Waals surface area contributed by atoms with Crippen LogP contribution in [0.15, 0.2) is 39.5 Å². The quantitative estimate of drug-likeness (QED) is 0.620. The summed E-state index contributed by atoms with van der Waals surface area (Å²) in [5, 5.41) is 21.2. The topological polar surface area (TPSA) is 78.6 Å². The molecule has 6 nitrogen and oxygen atoms in total. The summed E-state index contributed by atoms with van der Waals surface area (Å²) in [6.07, 6.45) is 1.89. The van der Waals surface area contributed by atoms with Crippen molar-refractivity contribution in [2.45, 2.75) is 45.8 Å². The molecule has 1 amide bonds. The van der Waals surface area contributed by atoms with Crippen molar-refractivity contribution in [1.82, 2.24) is 10.1 Å². The lowest BCUT2D eigenvalue weighted by Gasteiger charge is -2.30. The number of carbonyl (C=O) groups excluding carboxylic acids is 1. The second kappa shape index (κ2) is 9.12. The predicted molar refractivity (Wildman–Crippen MR) is 119 cm³/mol. The van der Waals surface area contributed by atoms with Crippen LogP contribution >= 0.6 is 11.3 Å². The van der Waals surface area contributed by atoms with Crippen LogP contribution in [0, 0.1) is 13.8 Å². The molecule has 1 saturated heterocycles. The van der Waals surface area contributed by atoms with Gasteiger partial charge in [0.2, 0.25) is 5.91 Å². The molecular weight excluding hydrogens is 398 g/mol. The minimum atomic E-state index is -0.291. The Morgan fingerprint density at radius 2 is 2.23 bits per heavy atom. The highest BCUT2D eigenvalue weighted by Gasteiger charge is 2.20. The number of β-amino-alcohol motifs (C(OH)–C–C–N with tert-alkyl or cyclic N) is 1. The lowest BCUT2D eigenvalue weighted by Crippen LogP contribution is -2.37. The van der Waals surface area contributed by atoms with Crippen molar-refractivity contribution in [3.8, 4) is 11.1 Å². The van der Waals surface area contributed by atoms with Crippen LogP contribution in [0.4, 0.5) is 5.69 Å². The first-order valence-electron chi connectivity index (χ1n) is 10.3. The number of anilines is 1. The van der Waals surface area contributed by atoms with Gasteiger partial charge in [0.05, 0.1) is 18.2 Å². The van der Waals surface area contributed by atoms with Crippen molar-refractivity contribution in [2.75, 3.05) is 18.4 Å². The summed E-state index contributed by atoms with van der Waals surface area (Å²) in [6, 6.07) is 8.04. The SMILES string of the molecule is Cc1noc(C)c1-c1ccc(NC(=O)Cc2ccsc2)c(CN2CCCC(O)C2)c1. The Morgan fingerprint density at radius 3 is 2.93 bits per heavy atom. The Kier molecular flexibility index (Phi) is 6.32. The first-order valence-corrected chi connectivity index (χ1v) is 11.2. The maximum absolute atomic E-state index is 12.6. The van der Waals surface area contributed by atoms with E-state index in [1.165, 1.54) is 0 Å². The van der Waals surface area contributed by atoms with Crippen molar-refractivity contribution in [3.63, 3.8) is 0 Å². The number of benzene rings is 1. The number of piperidine rings is 1. The maximum atomic E-state index is 12.6. The van der Waals surface area contributed by atoms with Gasteiger partial charge in [0.15, 0.2) is 0 Å². The van der Waals surface area contributed by atoms with E-state index in [2.05, 4.69) is 21.4 Å². The molecule has 1 fully saturated rings. The molecule has 0 spiro atoms. The van der Waals surface area contributed by atoms with Gasteiger partial charge >= 0.3 is 0 Å². The van der Waals surface area contributed by atoms with E-state index < -0.39 is 0 Å². The number of likely N-dealkylation sites (tertiary alicyclic amines) is 1. The molecule has 30 heavy (non-hydrogen) atoms. The van der Waals surface area contributed by atoms with Crippen LogP contribution in [0.3, 0.4) is 0 Å². The van der Waals surface area contributed by atoms with E-state index in [0.717, 1.165) is 58.8 Å². The Hall–Kier alpha value is -2.48. The molecule has 2 N–H and O–H groups in total. The molecule has 4 rings (SSSR count). The largest absolute Gasteiger partial charge is 0.392 e. The predicted octanol–water partition coefficient (Wildman–Crippen LogP) is 4.16. The van der Waals surface area contributed by atoms with E-state index in [1.54, 1.807) is 11.3 Å². The Balaban J connectivity index is 1.61. The second-order valence-electron chi connectivity index (χ2n) is 7.96. The van der Waals surface area contributed by atoms with Crippen molar-refractivity contribution in [2.24, 2.45) is 0 Å². The minimum absolute atomic E-state index is 0.0292. The zero-order valence-corrected chi connectivity index (χ0v) is 18.2. The number of aromatic nitrogens is 1. The number of thiophene rings is 1. The number of aryl methyl sites for hydroxylation is 2. The van der Waals surface area contributed by atoms with Gasteiger partial charge in [0, 0.05) is 24.3 Å². The molecule has 3 aromatic rings. The highest BCUT2D eigenvalue weighted by Crippen LogP contribution is 2.31. The van der Waals surface area contributed by atoms with E-state index in [4.69, 9.17) is 4.52 Å². The molecule has 2 aromatic heterocycles. The molecule has 3 heterocycles. The van der Waals surface area contributed by atoms with Crippen molar-refractivity contribution >= 4 is 22.9 Å². The fourth-order valence-corrected chi connectivity index (χ4v) is 4.75. The van der Waals surface area contributed by atoms with Crippen molar-refractivity contribution in [3.05, 3.63) is 57.6 Å². The van der Waals surface area contributed by atoms with Gasteiger partial charge < -0.3 is 14.9 Å². The number of hydrogen-bond donors (Lipinski definition) is 2. The molecular formula is C23H27N3O3S. The van der Waals surface area contributed by atoms with Crippen LogP contribution in [0.1, 0.15) is 35.4 Å². The summed E-state index contributed by atoms with van der Waals surface area (Å²) in [7, 11) is 0. The van der Waals surface area contributed by atoms with Gasteiger partial charge in [-0.2, -0.15) is 11.3 Å². The zero-order chi connectivity index (χ0) is 21.1. The Labute approximate surface area is 180 Å². The third kappa shape index (κ3) is 4.80. The third-order valence-electron chi connectivity index (χ3n) is 5.52. The van der Waals surface area contributed by atoms with Gasteiger partial charge in [0.25, 0.3) is 0 Å². The number of nitrogens with zero attached hydrogens (tertiary/aromatic N) is 2. The molecule has 0 bridgehead atoms. The molecule has 1 unspecified atom stereocenters. The summed E-state index contributed by atoms with van der Waals surface area (Å²) in [5.74, 6) is 0.750. The van der Waals surface area contributed by atoms with Gasteiger partial charge in [-0.25, -0.2) is 0 Å². The van der Waals surface area contributed by atoms with Crippen LogP contribution < -0.4 is 5.32 Å². The average Bonchev–Trinajstić information content (AvgIpc) is 3.33. The number of carbonyl (C=O) groups is 1. The van der Waals surface area contributed by atoms with E-state index in [-0.39, 0.29) is 12.0 Å². The molecule has 1 atom stereocenters. The van der Waals surface area contributed by atoms with Gasteiger partial charge in [0.1, 0.15) is 5.76 Å². The summed E-state index contributed by atoms with van der Waals surface area (Å²) >= 11 is 1.59. The minimum Gasteiger partial charge on any atom is -0.392 e. The summed E-state index contributed by atoms with van der Waals surface area (Å²) in [6.45, 7) is 6.10. The lowest BCUT2D eigenvalue weighted by atomic mass is 9.99. The normalized spacial score (nSPS) is 17.2. The molecule has 1 aliphatic heterocycles. The summed E-state index contributed by atoms with van der Waals surface area (Å²) < 4.78 is 5.34. The second-order valence-corrected chi connectivity index (χ2v) is 8.74. The third-order valence-corrected chi connectivity index (χ3v) is 6.25. The number of hydrogen-bond acceptors (Lipinski definition) is 6. The molecule has 0 saturated carbocycles. The van der Waals surface area contributed by atoms with E-state index in [0.29, 0.717) is 19.5 Å². The Morgan fingerprint density at radius 1 is 1.37 bits per heavy atom. The molecule has 7 heteroatoms. The Bertz CT molecular complexity index is 993. The number of aliphatic hydroxyl groups is 1. The van der Waals surface area contributed by atoms with E-state index in [9.17, 15) is 9.90 Å². The van der Waals surface area contributed by atoms with Gasteiger partial charge in [-0.1, -0.05) is 11.2 Å². The van der Waals surface area contributed by atoms with Crippen LogP contribution in [0.2, 0.25) is 0 Å². The fourth-order valence-electron chi connectivity index (χ4n) is 4.09. The van der Waals surface area contributed by atoms with Crippen molar-refractivity contribution in [1.29, 1.82) is 0 Å². The average molecular weight is 426 g/mol. The highest BCUT2D eigenvalue weighted by atomic mass is 32.1. The number of rotatable bonds is 6. The van der Waals surface area contributed by atoms with Crippen LogP contribution in [-0.2, 0) is 17.8 Å². The van der Waals surface area contributed by atoms with E-state index >= 15 is 0 Å². The van der Waals surface area contributed by atoms with Gasteiger partial charge in [-0.05, 0) is 78.9 Å². The first-order chi connectivity index (χ1) is 14.5. The molecule has 158 valence electrons. The van der Waals surface area contributed by atoms with Gasteiger partial charge in [-0.15, -0.1) is 0 Å². The van der Waals surface area contributed by atoms with Crippen molar-refractivity contribution < 1.29 is 14.4 Å². The smallest absolute Gasteiger partial charge is 0.228 e. The molecule has 1 aromatic carbocycles. The van der Waals surface area contributed by atoms with E-state index in [1.807, 2.05) is 42.8 Å². The monoisotopic (exact) mass is 425 g/mol. The lowest BCUT2D eigenvalue weighted by molar-refractivity contribution is -0.115. The number of amides is 1. The zero-order valence-electron chi connectivity index (χ0n) is 17.4. The van der Waals surface area contributed by atoms with Crippen LogP contribution in [0.5, 0.6) is 0 Å². The first kappa shape index (κ1) is 20.8. The molecule has 0 radical (unpaired) electrons. The maximum Gasteiger partial charge on any atom is 0.228 e. The van der Waals surface area contributed by atoms with Crippen LogP contribution in [-0.4, -0.2) is 40.3 Å². The van der Waals surface area contributed by atoms with Crippen LogP contribution in [0.25, 0.3) is 11.1 Å². The molecule has 1 aliphatic rings. The number of nitrogens with one attached hydrogen (secondary N) is 1. The summed E-state index contributed by atoms with van der Waals surface area (Å²) in [5.41, 5.74) is 5.72. The number of aliphatic hydroxyl groups excluding tert-OH is 1. The van der Waals surface area contributed by atoms with Gasteiger partial charge in [-0.3, -0.25) is 9.69 Å².